The van der Waals surface area contributed by atoms with Crippen molar-refractivity contribution in [1.29, 1.82) is 0 Å². The number of Topliss-reactive ketones (excluding diaryl/α,β-unsaturated/α-hetero) is 1. The third-order valence-corrected chi connectivity index (χ3v) is 3.74. The predicted octanol–water partition coefficient (Wildman–Crippen LogP) is 4.80. The van der Waals surface area contributed by atoms with Gasteiger partial charge in [-0.2, -0.15) is 0 Å². The Morgan fingerprint density at radius 1 is 1.35 bits per heavy atom. The molecule has 2 aromatic rings. The van der Waals surface area contributed by atoms with E-state index in [0.717, 1.165) is 4.88 Å². The first-order valence-corrected chi connectivity index (χ1v) is 6.39. The highest BCUT2D eigenvalue weighted by Gasteiger charge is 2.09. The third kappa shape index (κ3) is 2.73. The molecule has 1 aromatic heterocycles. The van der Waals surface area contributed by atoms with Crippen LogP contribution >= 0.6 is 22.9 Å². The van der Waals surface area contributed by atoms with Gasteiger partial charge in [0.1, 0.15) is 5.82 Å². The summed E-state index contributed by atoms with van der Waals surface area (Å²) in [5.74, 6) is -0.270. The Morgan fingerprint density at radius 3 is 2.76 bits per heavy atom. The predicted molar refractivity (Wildman–Crippen MR) is 69.3 cm³/mol. The van der Waals surface area contributed by atoms with E-state index in [9.17, 15) is 9.18 Å². The monoisotopic (exact) mass is 268 g/mol. The van der Waals surface area contributed by atoms with E-state index in [2.05, 4.69) is 0 Å². The van der Waals surface area contributed by atoms with Gasteiger partial charge in [0.2, 0.25) is 0 Å². The maximum Gasteiger partial charge on any atom is 0.172 e. The van der Waals surface area contributed by atoms with Crippen molar-refractivity contribution >= 4 is 28.7 Å². The number of hydrogen-bond donors (Lipinski definition) is 0. The quantitative estimate of drug-likeness (QED) is 0.731. The van der Waals surface area contributed by atoms with Gasteiger partial charge in [0, 0.05) is 16.3 Å². The Labute approximate surface area is 108 Å². The zero-order chi connectivity index (χ0) is 12.4. The zero-order valence-corrected chi connectivity index (χ0v) is 10.7. The molecule has 0 amide bonds. The topological polar surface area (TPSA) is 17.1 Å². The summed E-state index contributed by atoms with van der Waals surface area (Å²) < 4.78 is 13.2. The summed E-state index contributed by atoms with van der Waals surface area (Å²) in [4.78, 5) is 13.0. The molecule has 0 aliphatic heterocycles. The summed E-state index contributed by atoms with van der Waals surface area (Å²) in [6, 6.07) is 7.95. The van der Waals surface area contributed by atoms with Crippen molar-refractivity contribution in [2.75, 3.05) is 0 Å². The third-order valence-electron chi connectivity index (χ3n) is 2.35. The van der Waals surface area contributed by atoms with Gasteiger partial charge in [0.15, 0.2) is 5.78 Å². The van der Waals surface area contributed by atoms with Gasteiger partial charge < -0.3 is 0 Å². The standard InChI is InChI=1S/C13H10ClFOS/c1-2-11(16)13-4-3-12(17-13)8-5-9(14)7-10(15)6-8/h3-7H,2H2,1H3. The smallest absolute Gasteiger partial charge is 0.172 e. The highest BCUT2D eigenvalue weighted by molar-refractivity contribution is 7.17. The fraction of sp³-hybridized carbons (Fsp3) is 0.154. The van der Waals surface area contributed by atoms with Gasteiger partial charge in [-0.05, 0) is 35.9 Å². The van der Waals surface area contributed by atoms with Crippen molar-refractivity contribution in [1.82, 2.24) is 0 Å². The molecule has 0 aliphatic rings. The Bertz CT molecular complexity index is 542. The zero-order valence-electron chi connectivity index (χ0n) is 9.17. The van der Waals surface area contributed by atoms with E-state index in [0.29, 0.717) is 21.9 Å². The molecular formula is C13H10ClFOS. The summed E-state index contributed by atoms with van der Waals surface area (Å²) in [6.07, 6.45) is 0.476. The van der Waals surface area contributed by atoms with Gasteiger partial charge in [-0.15, -0.1) is 11.3 Å². The van der Waals surface area contributed by atoms with Crippen molar-refractivity contribution in [3.05, 3.63) is 46.0 Å². The molecule has 0 spiro atoms. The lowest BCUT2D eigenvalue weighted by Crippen LogP contribution is -1.90. The molecule has 17 heavy (non-hydrogen) atoms. The number of benzene rings is 1. The van der Waals surface area contributed by atoms with Gasteiger partial charge >= 0.3 is 0 Å². The van der Waals surface area contributed by atoms with E-state index in [1.807, 2.05) is 13.0 Å². The molecular weight excluding hydrogens is 259 g/mol. The molecule has 1 aromatic carbocycles. The number of halogens is 2. The normalized spacial score (nSPS) is 10.5. The minimum Gasteiger partial charge on any atom is -0.293 e. The number of thiophene rings is 1. The van der Waals surface area contributed by atoms with Crippen LogP contribution in [0.25, 0.3) is 10.4 Å². The van der Waals surface area contributed by atoms with Crippen molar-refractivity contribution in [2.24, 2.45) is 0 Å². The molecule has 0 saturated heterocycles. The van der Waals surface area contributed by atoms with E-state index in [4.69, 9.17) is 11.6 Å². The van der Waals surface area contributed by atoms with Crippen molar-refractivity contribution in [3.8, 4) is 10.4 Å². The molecule has 4 heteroatoms. The summed E-state index contributed by atoms with van der Waals surface area (Å²) in [5, 5.41) is 0.358. The lowest BCUT2D eigenvalue weighted by Gasteiger charge is -1.99. The second-order valence-corrected chi connectivity index (χ2v) is 5.12. The maximum absolute atomic E-state index is 13.2. The van der Waals surface area contributed by atoms with Crippen LogP contribution in [0.5, 0.6) is 0 Å². The van der Waals surface area contributed by atoms with Gasteiger partial charge in [0.05, 0.1) is 4.88 Å². The summed E-state index contributed by atoms with van der Waals surface area (Å²) in [5.41, 5.74) is 0.704. The molecule has 0 N–H and O–H groups in total. The highest BCUT2D eigenvalue weighted by Crippen LogP contribution is 2.31. The molecule has 0 aliphatic carbocycles. The van der Waals surface area contributed by atoms with Gasteiger partial charge in [-0.25, -0.2) is 4.39 Å². The van der Waals surface area contributed by atoms with Gasteiger partial charge in [0.25, 0.3) is 0 Å². The van der Waals surface area contributed by atoms with Crippen LogP contribution in [0, 0.1) is 5.82 Å². The van der Waals surface area contributed by atoms with Crippen LogP contribution in [-0.4, -0.2) is 5.78 Å². The van der Waals surface area contributed by atoms with E-state index in [-0.39, 0.29) is 11.6 Å². The molecule has 0 fully saturated rings. The minimum atomic E-state index is -0.371. The SMILES string of the molecule is CCC(=O)c1ccc(-c2cc(F)cc(Cl)c2)s1. The average molecular weight is 269 g/mol. The van der Waals surface area contributed by atoms with Crippen LogP contribution in [0.3, 0.4) is 0 Å². The molecule has 0 bridgehead atoms. The minimum absolute atomic E-state index is 0.101. The number of carbonyl (C=O) groups is 1. The molecule has 0 unspecified atom stereocenters. The first-order valence-electron chi connectivity index (χ1n) is 5.19. The number of carbonyl (C=O) groups excluding carboxylic acids is 1. The van der Waals surface area contributed by atoms with Gasteiger partial charge in [-0.1, -0.05) is 18.5 Å². The van der Waals surface area contributed by atoms with Gasteiger partial charge in [-0.3, -0.25) is 4.79 Å². The fourth-order valence-electron chi connectivity index (χ4n) is 1.51. The van der Waals surface area contributed by atoms with Crippen LogP contribution in [0.2, 0.25) is 5.02 Å². The molecule has 1 nitrogen and oxygen atoms in total. The molecule has 0 radical (unpaired) electrons. The fourth-order valence-corrected chi connectivity index (χ4v) is 2.74. The summed E-state index contributed by atoms with van der Waals surface area (Å²) in [6.45, 7) is 1.82. The highest BCUT2D eigenvalue weighted by atomic mass is 35.5. The molecule has 1 heterocycles. The Balaban J connectivity index is 2.40. The van der Waals surface area contributed by atoms with E-state index < -0.39 is 0 Å². The maximum atomic E-state index is 13.2. The first kappa shape index (κ1) is 12.3. The van der Waals surface area contributed by atoms with E-state index >= 15 is 0 Å². The first-order chi connectivity index (χ1) is 8.10. The number of rotatable bonds is 3. The summed E-state index contributed by atoms with van der Waals surface area (Å²) >= 11 is 7.16. The Hall–Kier alpha value is -1.19. The second-order valence-electron chi connectivity index (χ2n) is 3.60. The lowest BCUT2D eigenvalue weighted by molar-refractivity contribution is 0.0992. The van der Waals surface area contributed by atoms with Crippen molar-refractivity contribution < 1.29 is 9.18 Å². The Kier molecular flexibility index (Phi) is 3.60. The Morgan fingerprint density at radius 2 is 2.12 bits per heavy atom. The van der Waals surface area contributed by atoms with Crippen LogP contribution in [0.15, 0.2) is 30.3 Å². The van der Waals surface area contributed by atoms with Crippen LogP contribution < -0.4 is 0 Å². The number of hydrogen-bond acceptors (Lipinski definition) is 2. The second kappa shape index (κ2) is 4.98. The van der Waals surface area contributed by atoms with E-state index in [1.54, 1.807) is 12.1 Å². The summed E-state index contributed by atoms with van der Waals surface area (Å²) in [7, 11) is 0. The molecule has 88 valence electrons. The molecule has 2 rings (SSSR count). The lowest BCUT2D eigenvalue weighted by atomic mass is 10.2. The van der Waals surface area contributed by atoms with Crippen LogP contribution in [0.4, 0.5) is 4.39 Å². The van der Waals surface area contributed by atoms with Crippen LogP contribution in [0.1, 0.15) is 23.0 Å². The average Bonchev–Trinajstić information content (AvgIpc) is 2.76. The molecule has 0 atom stereocenters. The van der Waals surface area contributed by atoms with Crippen molar-refractivity contribution in [3.63, 3.8) is 0 Å². The van der Waals surface area contributed by atoms with Crippen molar-refractivity contribution in [2.45, 2.75) is 13.3 Å². The van der Waals surface area contributed by atoms with Crippen LogP contribution in [-0.2, 0) is 0 Å². The number of ketones is 1. The molecule has 0 saturated carbocycles. The largest absolute Gasteiger partial charge is 0.293 e. The van der Waals surface area contributed by atoms with E-state index in [1.165, 1.54) is 23.5 Å².